The summed E-state index contributed by atoms with van der Waals surface area (Å²) in [4.78, 5) is 19.1. The Balaban J connectivity index is 1.61. The molecule has 4 aromatic rings. The van der Waals surface area contributed by atoms with Gasteiger partial charge in [0.25, 0.3) is 5.89 Å². The van der Waals surface area contributed by atoms with Gasteiger partial charge in [0.2, 0.25) is 11.6 Å². The largest absolute Gasteiger partial charge is 0.573 e. The van der Waals surface area contributed by atoms with Crippen molar-refractivity contribution in [1.29, 1.82) is 0 Å². The summed E-state index contributed by atoms with van der Waals surface area (Å²) in [5.41, 5.74) is 0.850. The van der Waals surface area contributed by atoms with E-state index in [1.807, 2.05) is 0 Å². The molecular weight excluding hydrogens is 488 g/mol. The lowest BCUT2D eigenvalue weighted by Gasteiger charge is -2.08. The van der Waals surface area contributed by atoms with E-state index in [4.69, 9.17) is 4.52 Å². The second-order valence-corrected chi connectivity index (χ2v) is 6.74. The molecule has 0 aliphatic rings. The maximum absolute atomic E-state index is 12.7. The minimum absolute atomic E-state index is 0.0770. The first kappa shape index (κ1) is 23.7. The molecule has 2 heterocycles. The fourth-order valence-corrected chi connectivity index (χ4v) is 2.73. The van der Waals surface area contributed by atoms with Crippen molar-refractivity contribution in [1.82, 2.24) is 24.9 Å². The Hall–Kier alpha value is -4.43. The zero-order valence-corrected chi connectivity index (χ0v) is 17.0. The number of ether oxygens (including phenoxy) is 2. The summed E-state index contributed by atoms with van der Waals surface area (Å²) in [6.07, 6.45) is -10.1. The maximum Gasteiger partial charge on any atom is 0.573 e. The summed E-state index contributed by atoms with van der Waals surface area (Å²) in [5, 5.41) is 7.66. The predicted octanol–water partition coefficient (Wildman–Crippen LogP) is 4.41. The predicted molar refractivity (Wildman–Crippen MR) is 103 cm³/mol. The van der Waals surface area contributed by atoms with Crippen molar-refractivity contribution in [2.24, 2.45) is 0 Å². The lowest BCUT2D eigenvalue weighted by molar-refractivity contribution is -0.274. The van der Waals surface area contributed by atoms with Gasteiger partial charge in [-0.15, -0.1) is 18.3 Å². The third kappa shape index (κ3) is 5.93. The van der Waals surface area contributed by atoms with Gasteiger partial charge in [0.15, 0.2) is 0 Å². The molecule has 0 fully saturated rings. The number of nitrogens with zero attached hydrogens (tertiary/aromatic N) is 5. The quantitative estimate of drug-likeness (QED) is 0.284. The van der Waals surface area contributed by atoms with Crippen LogP contribution in [0, 0.1) is 0 Å². The number of esters is 1. The third-order valence-corrected chi connectivity index (χ3v) is 4.19. The number of hydrogen-bond donors (Lipinski definition) is 0. The summed E-state index contributed by atoms with van der Waals surface area (Å²) in [7, 11) is 0. The molecule has 0 atom stereocenters. The minimum atomic E-state index is -5.27. The fraction of sp³-hybridized carbons (Fsp3) is 0.150. The van der Waals surface area contributed by atoms with Crippen LogP contribution in [0.5, 0.6) is 11.8 Å². The molecule has 4 rings (SSSR count). The van der Waals surface area contributed by atoms with Crippen LogP contribution in [-0.2, 0) is 11.3 Å². The highest BCUT2D eigenvalue weighted by Crippen LogP contribution is 2.27. The number of carbonyl (C=O) groups is 1. The third-order valence-electron chi connectivity index (χ3n) is 4.19. The number of halogens is 6. The first-order chi connectivity index (χ1) is 16.5. The summed E-state index contributed by atoms with van der Waals surface area (Å²) < 4.78 is 89.0. The normalized spacial score (nSPS) is 11.9. The van der Waals surface area contributed by atoms with Gasteiger partial charge in [0.05, 0.1) is 6.54 Å². The SMILES string of the molecule is O=C(Oc1nc(-c2nc(-c3ccc(OC(F)(F)F)cc3)no2)nn1Cc1ccccc1)C(F)(F)F. The summed E-state index contributed by atoms with van der Waals surface area (Å²) in [6.45, 7) is -0.101. The van der Waals surface area contributed by atoms with E-state index in [0.717, 1.165) is 16.8 Å². The fourth-order valence-electron chi connectivity index (χ4n) is 2.73. The van der Waals surface area contributed by atoms with Crippen molar-refractivity contribution in [2.45, 2.75) is 19.1 Å². The minimum Gasteiger partial charge on any atom is -0.406 e. The van der Waals surface area contributed by atoms with E-state index in [-0.39, 0.29) is 29.6 Å². The van der Waals surface area contributed by atoms with Gasteiger partial charge in [-0.25, -0.2) is 9.48 Å². The molecule has 0 spiro atoms. The number of aromatic nitrogens is 5. The average Bonchev–Trinajstić information content (AvgIpc) is 3.41. The summed E-state index contributed by atoms with van der Waals surface area (Å²) in [5.74, 6) is -3.74. The second kappa shape index (κ2) is 9.08. The van der Waals surface area contributed by atoms with Crippen LogP contribution in [0.15, 0.2) is 59.1 Å². The molecule has 0 aliphatic carbocycles. The molecule has 0 radical (unpaired) electrons. The lowest BCUT2D eigenvalue weighted by Crippen LogP contribution is -2.29. The highest BCUT2D eigenvalue weighted by Gasteiger charge is 2.42. The van der Waals surface area contributed by atoms with Gasteiger partial charge in [-0.2, -0.15) is 23.1 Å². The van der Waals surface area contributed by atoms with Crippen LogP contribution >= 0.6 is 0 Å². The van der Waals surface area contributed by atoms with E-state index in [0.29, 0.717) is 5.56 Å². The first-order valence-corrected chi connectivity index (χ1v) is 9.46. The zero-order valence-electron chi connectivity index (χ0n) is 17.0. The molecular formula is C20H11F6N5O4. The number of benzene rings is 2. The van der Waals surface area contributed by atoms with Gasteiger partial charge < -0.3 is 14.0 Å². The van der Waals surface area contributed by atoms with Crippen LogP contribution < -0.4 is 9.47 Å². The smallest absolute Gasteiger partial charge is 0.406 e. The Bertz CT molecular complexity index is 1320. The van der Waals surface area contributed by atoms with E-state index >= 15 is 0 Å². The number of carbonyl (C=O) groups excluding carboxylic acids is 1. The van der Waals surface area contributed by atoms with E-state index in [1.165, 1.54) is 12.1 Å². The van der Waals surface area contributed by atoms with Crippen LogP contribution in [0.3, 0.4) is 0 Å². The number of rotatable bonds is 6. The van der Waals surface area contributed by atoms with E-state index in [1.54, 1.807) is 30.3 Å². The molecule has 0 aliphatic heterocycles. The van der Waals surface area contributed by atoms with Crippen LogP contribution in [0.25, 0.3) is 23.1 Å². The van der Waals surface area contributed by atoms with Crippen LogP contribution in [0.1, 0.15) is 5.56 Å². The van der Waals surface area contributed by atoms with Crippen molar-refractivity contribution in [3.63, 3.8) is 0 Å². The summed E-state index contributed by atoms with van der Waals surface area (Å²) in [6, 6.07) is 12.2. The van der Waals surface area contributed by atoms with Crippen LogP contribution in [0.4, 0.5) is 26.3 Å². The molecule has 15 heteroatoms. The lowest BCUT2D eigenvalue weighted by atomic mass is 10.2. The molecule has 0 saturated carbocycles. The molecule has 2 aromatic heterocycles. The monoisotopic (exact) mass is 499 g/mol. The van der Waals surface area contributed by atoms with Crippen molar-refractivity contribution >= 4 is 5.97 Å². The van der Waals surface area contributed by atoms with Gasteiger partial charge in [0, 0.05) is 5.56 Å². The number of hydrogen-bond acceptors (Lipinski definition) is 8. The Morgan fingerprint density at radius 1 is 0.914 bits per heavy atom. The first-order valence-electron chi connectivity index (χ1n) is 9.46. The van der Waals surface area contributed by atoms with Gasteiger partial charge in [-0.05, 0) is 29.8 Å². The molecule has 9 nitrogen and oxygen atoms in total. The molecule has 182 valence electrons. The van der Waals surface area contributed by atoms with Crippen molar-refractivity contribution in [3.8, 4) is 34.9 Å². The molecule has 2 aromatic carbocycles. The van der Waals surface area contributed by atoms with E-state index in [9.17, 15) is 31.1 Å². The van der Waals surface area contributed by atoms with Crippen LogP contribution in [-0.4, -0.2) is 43.4 Å². The Kier molecular flexibility index (Phi) is 6.15. The second-order valence-electron chi connectivity index (χ2n) is 6.74. The van der Waals surface area contributed by atoms with Crippen molar-refractivity contribution < 1.29 is 45.1 Å². The molecule has 0 amide bonds. The van der Waals surface area contributed by atoms with Crippen molar-refractivity contribution in [2.75, 3.05) is 0 Å². The molecule has 35 heavy (non-hydrogen) atoms. The zero-order chi connectivity index (χ0) is 25.2. The topological polar surface area (TPSA) is 105 Å². The highest BCUT2D eigenvalue weighted by molar-refractivity contribution is 5.77. The van der Waals surface area contributed by atoms with Gasteiger partial charge in [-0.3, -0.25) is 0 Å². The van der Waals surface area contributed by atoms with Gasteiger partial charge in [0.1, 0.15) is 5.75 Å². The maximum atomic E-state index is 12.7. The molecule has 0 N–H and O–H groups in total. The van der Waals surface area contributed by atoms with Crippen LogP contribution in [0.2, 0.25) is 0 Å². The average molecular weight is 499 g/mol. The van der Waals surface area contributed by atoms with E-state index in [2.05, 4.69) is 29.7 Å². The molecule has 0 saturated heterocycles. The summed E-state index contributed by atoms with van der Waals surface area (Å²) >= 11 is 0. The van der Waals surface area contributed by atoms with Gasteiger partial charge >= 0.3 is 24.5 Å². The van der Waals surface area contributed by atoms with Crippen molar-refractivity contribution in [3.05, 3.63) is 60.2 Å². The standard InChI is InChI=1S/C20H11F6N5O4/c21-19(22,23)17(32)33-18-28-15(29-31(18)10-11-4-2-1-3-5-11)16-27-14(30-35-16)12-6-8-13(9-7-12)34-20(24,25)26/h1-9H,10H2. The van der Waals surface area contributed by atoms with E-state index < -0.39 is 30.3 Å². The Morgan fingerprint density at radius 2 is 1.60 bits per heavy atom. The Labute approximate surface area is 190 Å². The van der Waals surface area contributed by atoms with Gasteiger partial charge in [-0.1, -0.05) is 35.5 Å². The highest BCUT2D eigenvalue weighted by atomic mass is 19.4. The Morgan fingerprint density at radius 3 is 2.23 bits per heavy atom. The molecule has 0 unspecified atom stereocenters. The molecule has 0 bridgehead atoms. The number of alkyl halides is 6.